The molecule has 0 fully saturated rings. The lowest BCUT2D eigenvalue weighted by Crippen LogP contribution is -2.62. The smallest absolute Gasteiger partial charge is 0.460 e. The second kappa shape index (κ2) is 8.61. The minimum Gasteiger partial charge on any atom is -0.494 e. The fourth-order valence-corrected chi connectivity index (χ4v) is 2.47. The number of hydrogen-bond acceptors (Lipinski definition) is 2. The maximum Gasteiger partial charge on any atom is 0.460 e. The van der Waals surface area contributed by atoms with E-state index in [1.54, 1.807) is 0 Å². The lowest BCUT2D eigenvalue weighted by atomic mass is 9.86. The highest BCUT2D eigenvalue weighted by Gasteiger charge is 2.82. The number of unbranched alkanes of at least 4 members (excludes halogenated alkanes) is 1. The third-order valence-electron chi connectivity index (χ3n) is 4.45. The van der Waals surface area contributed by atoms with Crippen LogP contribution in [-0.4, -0.2) is 37.7 Å². The highest BCUT2D eigenvalue weighted by Crippen LogP contribution is 2.56. The summed E-state index contributed by atoms with van der Waals surface area (Å²) in [6.45, 7) is 3.18. The molecule has 0 heterocycles. The highest BCUT2D eigenvalue weighted by atomic mass is 19.4. The molecule has 2 nitrogen and oxygen atoms in total. The van der Waals surface area contributed by atoms with E-state index in [4.69, 9.17) is 9.47 Å². The minimum atomic E-state index is -6.94. The number of rotatable bonds is 10. The van der Waals surface area contributed by atoms with Crippen molar-refractivity contribution >= 4 is 0 Å². The molecule has 0 aliphatic carbocycles. The Kier molecular flexibility index (Phi) is 7.54. The van der Waals surface area contributed by atoms with Gasteiger partial charge in [0.15, 0.2) is 0 Å². The summed E-state index contributed by atoms with van der Waals surface area (Å²) in [6.07, 6.45) is -7.38. The van der Waals surface area contributed by atoms with Crippen molar-refractivity contribution < 1.29 is 49.0 Å². The quantitative estimate of drug-likeness (QED) is 0.302. The summed E-state index contributed by atoms with van der Waals surface area (Å²) in [5.41, 5.74) is -2.41. The number of ether oxygens (including phenoxy) is 2. The normalized spacial score (nSPS) is 15.9. The van der Waals surface area contributed by atoms with Crippen molar-refractivity contribution in [1.29, 1.82) is 0 Å². The number of halogens is 9. The number of benzene rings is 1. The van der Waals surface area contributed by atoms with Gasteiger partial charge >= 0.3 is 23.9 Å². The third kappa shape index (κ3) is 5.10. The second-order valence-corrected chi connectivity index (χ2v) is 6.69. The van der Waals surface area contributed by atoms with E-state index >= 15 is 0 Å². The Morgan fingerprint density at radius 1 is 0.828 bits per heavy atom. The molecule has 0 spiro atoms. The van der Waals surface area contributed by atoms with Gasteiger partial charge < -0.3 is 9.47 Å². The van der Waals surface area contributed by atoms with Crippen LogP contribution in [0.1, 0.15) is 38.7 Å². The molecule has 0 saturated carbocycles. The average molecular weight is 440 g/mol. The summed E-state index contributed by atoms with van der Waals surface area (Å²) in [4.78, 5) is 0. The van der Waals surface area contributed by atoms with Crippen LogP contribution in [0, 0.1) is 0 Å². The van der Waals surface area contributed by atoms with E-state index < -0.39 is 36.0 Å². The zero-order valence-corrected chi connectivity index (χ0v) is 15.9. The van der Waals surface area contributed by atoms with Crippen LogP contribution in [0.25, 0.3) is 0 Å². The molecule has 0 N–H and O–H groups in total. The molecular weight excluding hydrogens is 419 g/mol. The highest BCUT2D eigenvalue weighted by molar-refractivity contribution is 5.31. The Morgan fingerprint density at radius 3 is 1.76 bits per heavy atom. The molecule has 0 aliphatic heterocycles. The van der Waals surface area contributed by atoms with E-state index in [0.717, 1.165) is 26.9 Å². The maximum absolute atomic E-state index is 14.0. The van der Waals surface area contributed by atoms with Gasteiger partial charge in [-0.3, -0.25) is 0 Å². The molecule has 0 aromatic heterocycles. The molecule has 1 aromatic rings. The van der Waals surface area contributed by atoms with E-state index in [2.05, 4.69) is 0 Å². The zero-order chi connectivity index (χ0) is 22.7. The monoisotopic (exact) mass is 440 g/mol. The molecular formula is C18H21F9O2. The molecule has 11 heteroatoms. The van der Waals surface area contributed by atoms with Crippen molar-refractivity contribution in [1.82, 2.24) is 0 Å². The van der Waals surface area contributed by atoms with Crippen LogP contribution in [0.15, 0.2) is 24.3 Å². The van der Waals surface area contributed by atoms with Gasteiger partial charge in [0.25, 0.3) is 0 Å². The van der Waals surface area contributed by atoms with Gasteiger partial charge in [0.2, 0.25) is 0 Å². The summed E-state index contributed by atoms with van der Waals surface area (Å²) < 4.78 is 128. The molecule has 0 bridgehead atoms. The molecule has 29 heavy (non-hydrogen) atoms. The number of alkyl halides is 9. The summed E-state index contributed by atoms with van der Waals surface area (Å²) in [6, 6.07) is 5.01. The molecule has 1 unspecified atom stereocenters. The van der Waals surface area contributed by atoms with Crippen molar-refractivity contribution in [2.75, 3.05) is 13.7 Å². The van der Waals surface area contributed by atoms with E-state index in [1.807, 2.05) is 6.92 Å². The predicted octanol–water partition coefficient (Wildman–Crippen LogP) is 6.59. The SMILES string of the molecule is CCCCOc1ccc(C(C)(CC(F)(F)C(F)(F)C(F)(F)C(F)(F)F)OC)cc1. The van der Waals surface area contributed by atoms with Gasteiger partial charge in [-0.25, -0.2) is 0 Å². The molecule has 168 valence electrons. The Labute approximate surface area is 162 Å². The summed E-state index contributed by atoms with van der Waals surface area (Å²) >= 11 is 0. The van der Waals surface area contributed by atoms with Gasteiger partial charge in [0.05, 0.1) is 18.6 Å². The predicted molar refractivity (Wildman–Crippen MR) is 86.7 cm³/mol. The first-order chi connectivity index (χ1) is 13.1. The van der Waals surface area contributed by atoms with E-state index in [0.29, 0.717) is 12.4 Å². The van der Waals surface area contributed by atoms with Gasteiger partial charge in [0.1, 0.15) is 5.75 Å². The van der Waals surface area contributed by atoms with Crippen molar-refractivity contribution in [3.05, 3.63) is 29.8 Å². The van der Waals surface area contributed by atoms with Crippen LogP contribution < -0.4 is 4.74 Å². The zero-order valence-electron chi connectivity index (χ0n) is 15.9. The minimum absolute atomic E-state index is 0.131. The third-order valence-corrected chi connectivity index (χ3v) is 4.45. The van der Waals surface area contributed by atoms with Crippen LogP contribution >= 0.6 is 0 Å². The van der Waals surface area contributed by atoms with Gasteiger partial charge in [-0.1, -0.05) is 25.5 Å². The number of hydrogen-bond donors (Lipinski definition) is 0. The second-order valence-electron chi connectivity index (χ2n) is 6.69. The summed E-state index contributed by atoms with van der Waals surface area (Å²) in [5.74, 6) is -19.0. The Balaban J connectivity index is 3.16. The first kappa shape index (κ1) is 25.4. The van der Waals surface area contributed by atoms with Crippen molar-refractivity contribution in [3.63, 3.8) is 0 Å². The fraction of sp³-hybridized carbons (Fsp3) is 0.667. The Hall–Kier alpha value is -1.65. The van der Waals surface area contributed by atoms with E-state index in [9.17, 15) is 39.5 Å². The molecule has 0 aliphatic rings. The first-order valence-electron chi connectivity index (χ1n) is 8.54. The number of methoxy groups -OCH3 is 1. The summed E-state index contributed by atoms with van der Waals surface area (Å²) in [5, 5.41) is 0. The van der Waals surface area contributed by atoms with Crippen LogP contribution in [-0.2, 0) is 10.3 Å². The topological polar surface area (TPSA) is 18.5 Å². The van der Waals surface area contributed by atoms with Gasteiger partial charge in [-0.15, -0.1) is 0 Å². The molecule has 0 amide bonds. The standard InChI is InChI=1S/C18H21F9O2/c1-4-5-10-29-13-8-6-12(7-9-13)14(2,28-3)11-15(19,20)16(21,22)17(23,24)18(25,26)27/h6-9H,4-5,10-11H2,1-3H3. The van der Waals surface area contributed by atoms with E-state index in [1.165, 1.54) is 24.3 Å². The van der Waals surface area contributed by atoms with Crippen LogP contribution in [0.2, 0.25) is 0 Å². The Morgan fingerprint density at radius 2 is 1.34 bits per heavy atom. The maximum atomic E-state index is 14.0. The van der Waals surface area contributed by atoms with Gasteiger partial charge in [0, 0.05) is 7.11 Å². The van der Waals surface area contributed by atoms with Crippen LogP contribution in [0.3, 0.4) is 0 Å². The molecule has 1 aromatic carbocycles. The largest absolute Gasteiger partial charge is 0.494 e. The van der Waals surface area contributed by atoms with Crippen LogP contribution in [0.4, 0.5) is 39.5 Å². The lowest BCUT2D eigenvalue weighted by Gasteiger charge is -2.38. The Bertz CT molecular complexity index is 656. The molecule has 1 rings (SSSR count). The van der Waals surface area contributed by atoms with Crippen LogP contribution in [0.5, 0.6) is 5.75 Å². The van der Waals surface area contributed by atoms with Crippen molar-refractivity contribution in [3.8, 4) is 5.75 Å². The molecule has 1 atom stereocenters. The van der Waals surface area contributed by atoms with Gasteiger partial charge in [-0.2, -0.15) is 39.5 Å². The van der Waals surface area contributed by atoms with E-state index in [-0.39, 0.29) is 5.56 Å². The average Bonchev–Trinajstić information content (AvgIpc) is 2.60. The fourth-order valence-electron chi connectivity index (χ4n) is 2.47. The molecule has 0 radical (unpaired) electrons. The lowest BCUT2D eigenvalue weighted by molar-refractivity contribution is -0.400. The van der Waals surface area contributed by atoms with Crippen molar-refractivity contribution in [2.24, 2.45) is 0 Å². The van der Waals surface area contributed by atoms with Crippen molar-refractivity contribution in [2.45, 2.75) is 62.7 Å². The van der Waals surface area contributed by atoms with Gasteiger partial charge in [-0.05, 0) is 31.0 Å². The molecule has 0 saturated heterocycles. The summed E-state index contributed by atoms with van der Waals surface area (Å²) in [7, 11) is 0.849. The first-order valence-corrected chi connectivity index (χ1v) is 8.54.